The molecule has 1 aliphatic carbocycles. The van der Waals surface area contributed by atoms with Crippen LogP contribution in [0.2, 0.25) is 0 Å². The van der Waals surface area contributed by atoms with Crippen molar-refractivity contribution in [2.24, 2.45) is 13.0 Å². The van der Waals surface area contributed by atoms with E-state index in [1.54, 1.807) is 7.11 Å². The van der Waals surface area contributed by atoms with E-state index in [0.29, 0.717) is 12.0 Å². The van der Waals surface area contributed by atoms with E-state index >= 15 is 0 Å². The number of hydrogen-bond donors (Lipinski definition) is 0. The van der Waals surface area contributed by atoms with E-state index in [2.05, 4.69) is 18.2 Å². The molecule has 0 unspecified atom stereocenters. The molecule has 2 heterocycles. The summed E-state index contributed by atoms with van der Waals surface area (Å²) in [5.74, 6) is 2.43. The maximum atomic E-state index is 13.3. The van der Waals surface area contributed by atoms with E-state index < -0.39 is 0 Å². The average molecular weight is 447 g/mol. The number of carbonyl (C=O) groups excluding carboxylic acids is 1. The second-order valence-corrected chi connectivity index (χ2v) is 9.62. The molecule has 1 amide bonds. The molecule has 5 rings (SSSR count). The number of rotatable bonds is 6. The van der Waals surface area contributed by atoms with Gasteiger partial charge in [0.2, 0.25) is 0 Å². The van der Waals surface area contributed by atoms with E-state index in [9.17, 15) is 4.79 Å². The van der Waals surface area contributed by atoms with Gasteiger partial charge in [0.05, 0.1) is 18.8 Å². The number of ether oxygens (including phenoxy) is 2. The van der Waals surface area contributed by atoms with Crippen LogP contribution in [-0.4, -0.2) is 41.7 Å². The van der Waals surface area contributed by atoms with Gasteiger partial charge >= 0.3 is 0 Å². The molecular weight excluding hydrogens is 412 g/mol. The zero-order chi connectivity index (χ0) is 22.8. The first-order valence-corrected chi connectivity index (χ1v) is 12.3. The summed E-state index contributed by atoms with van der Waals surface area (Å²) in [7, 11) is 3.71. The highest BCUT2D eigenvalue weighted by atomic mass is 16.5. The Morgan fingerprint density at radius 1 is 1.00 bits per heavy atom. The van der Waals surface area contributed by atoms with Gasteiger partial charge < -0.3 is 18.9 Å². The van der Waals surface area contributed by atoms with Gasteiger partial charge in [0.1, 0.15) is 0 Å². The smallest absolute Gasteiger partial charge is 0.256 e. The Hall–Kier alpha value is -2.95. The van der Waals surface area contributed by atoms with Gasteiger partial charge in [-0.1, -0.05) is 24.3 Å². The van der Waals surface area contributed by atoms with Gasteiger partial charge in [-0.15, -0.1) is 0 Å². The number of likely N-dealkylation sites (tertiary alicyclic amines) is 1. The second kappa shape index (κ2) is 9.50. The molecule has 2 aliphatic rings. The fourth-order valence-corrected chi connectivity index (χ4v) is 5.48. The van der Waals surface area contributed by atoms with Gasteiger partial charge in [-0.05, 0) is 74.6 Å². The molecule has 33 heavy (non-hydrogen) atoms. The Kier molecular flexibility index (Phi) is 6.30. The molecule has 1 aromatic heterocycles. The summed E-state index contributed by atoms with van der Waals surface area (Å²) in [5.41, 5.74) is 3.21. The zero-order valence-corrected chi connectivity index (χ0v) is 19.8. The van der Waals surface area contributed by atoms with Crippen LogP contribution in [0.5, 0.6) is 11.5 Å². The van der Waals surface area contributed by atoms with Crippen LogP contribution in [0.3, 0.4) is 0 Å². The predicted molar refractivity (Wildman–Crippen MR) is 131 cm³/mol. The maximum absolute atomic E-state index is 13.3. The number of para-hydroxylation sites is 1. The van der Waals surface area contributed by atoms with Gasteiger partial charge in [0.25, 0.3) is 5.91 Å². The Morgan fingerprint density at radius 3 is 2.52 bits per heavy atom. The SMILES string of the molecule is COc1ccc(CC2CCN(C(=O)c3cn(C)c4ccccc34)CC2)cc1OC1CCCC1. The number of aryl methyl sites for hydroxylation is 1. The largest absolute Gasteiger partial charge is 0.493 e. The van der Waals surface area contributed by atoms with Crippen LogP contribution in [0.25, 0.3) is 10.9 Å². The van der Waals surface area contributed by atoms with Crippen molar-refractivity contribution >= 4 is 16.8 Å². The minimum Gasteiger partial charge on any atom is -0.493 e. The van der Waals surface area contributed by atoms with E-state index in [4.69, 9.17) is 9.47 Å². The number of carbonyl (C=O) groups is 1. The van der Waals surface area contributed by atoms with E-state index in [0.717, 1.165) is 73.2 Å². The van der Waals surface area contributed by atoms with Crippen molar-refractivity contribution < 1.29 is 14.3 Å². The van der Waals surface area contributed by atoms with Gasteiger partial charge in [-0.3, -0.25) is 4.79 Å². The molecule has 174 valence electrons. The zero-order valence-electron chi connectivity index (χ0n) is 19.8. The summed E-state index contributed by atoms with van der Waals surface area (Å²) >= 11 is 0. The predicted octanol–water partition coefficient (Wildman–Crippen LogP) is 5.60. The van der Waals surface area contributed by atoms with E-state index in [1.165, 1.54) is 18.4 Å². The van der Waals surface area contributed by atoms with Crippen molar-refractivity contribution in [2.75, 3.05) is 20.2 Å². The molecule has 1 saturated carbocycles. The van der Waals surface area contributed by atoms with Crippen LogP contribution in [0, 0.1) is 5.92 Å². The normalized spacial score (nSPS) is 17.6. The lowest BCUT2D eigenvalue weighted by atomic mass is 9.90. The molecule has 0 bridgehead atoms. The molecule has 0 N–H and O–H groups in total. The summed E-state index contributed by atoms with van der Waals surface area (Å²) in [5, 5.41) is 1.04. The quantitative estimate of drug-likeness (QED) is 0.495. The summed E-state index contributed by atoms with van der Waals surface area (Å²) in [6.07, 6.45) is 10.1. The van der Waals surface area contributed by atoms with Crippen LogP contribution in [0.1, 0.15) is 54.4 Å². The molecule has 0 atom stereocenters. The number of piperidine rings is 1. The molecule has 5 nitrogen and oxygen atoms in total. The van der Waals surface area contributed by atoms with Crippen molar-refractivity contribution in [1.82, 2.24) is 9.47 Å². The minimum atomic E-state index is 0.155. The number of hydrogen-bond acceptors (Lipinski definition) is 3. The lowest BCUT2D eigenvalue weighted by molar-refractivity contribution is 0.0692. The first-order chi connectivity index (χ1) is 16.1. The molecule has 2 fully saturated rings. The highest BCUT2D eigenvalue weighted by Crippen LogP contribution is 2.34. The first kappa shape index (κ1) is 21.9. The van der Waals surface area contributed by atoms with E-state index in [1.807, 2.05) is 47.0 Å². The molecule has 0 radical (unpaired) electrons. The minimum absolute atomic E-state index is 0.155. The molecule has 1 saturated heterocycles. The second-order valence-electron chi connectivity index (χ2n) is 9.62. The standard InChI is InChI=1S/C28H34N2O3/c1-29-19-24(23-9-5-6-10-25(23)29)28(31)30-15-13-20(14-16-30)17-21-11-12-26(32-2)27(18-21)33-22-7-3-4-8-22/h5-6,9-12,18-20,22H,3-4,7-8,13-17H2,1-2H3. The molecular formula is C28H34N2O3. The van der Waals surface area contributed by atoms with Crippen molar-refractivity contribution in [2.45, 2.75) is 51.0 Å². The van der Waals surface area contributed by atoms with Crippen LogP contribution in [0.15, 0.2) is 48.7 Å². The molecule has 3 aromatic rings. The van der Waals surface area contributed by atoms with Gasteiger partial charge in [-0.25, -0.2) is 0 Å². The number of nitrogens with zero attached hydrogens (tertiary/aromatic N) is 2. The third-order valence-corrected chi connectivity index (χ3v) is 7.38. The number of fused-ring (bicyclic) bond motifs is 1. The molecule has 2 aromatic carbocycles. The van der Waals surface area contributed by atoms with Gasteiger partial charge in [-0.2, -0.15) is 0 Å². The van der Waals surface area contributed by atoms with Crippen LogP contribution in [-0.2, 0) is 13.5 Å². The Balaban J connectivity index is 1.22. The monoisotopic (exact) mass is 446 g/mol. The topological polar surface area (TPSA) is 43.7 Å². The highest BCUT2D eigenvalue weighted by molar-refractivity contribution is 6.07. The fraction of sp³-hybridized carbons (Fsp3) is 0.464. The van der Waals surface area contributed by atoms with Gasteiger partial charge in [0.15, 0.2) is 11.5 Å². The summed E-state index contributed by atoms with van der Waals surface area (Å²) in [6, 6.07) is 14.5. The number of amides is 1. The average Bonchev–Trinajstić information content (AvgIpc) is 3.47. The van der Waals surface area contributed by atoms with Crippen LogP contribution in [0.4, 0.5) is 0 Å². The maximum Gasteiger partial charge on any atom is 0.256 e. The van der Waals surface area contributed by atoms with Crippen molar-refractivity contribution in [3.8, 4) is 11.5 Å². The van der Waals surface area contributed by atoms with E-state index in [-0.39, 0.29) is 5.91 Å². The van der Waals surface area contributed by atoms with Crippen LogP contribution >= 0.6 is 0 Å². The Bertz CT molecular complexity index is 1120. The first-order valence-electron chi connectivity index (χ1n) is 12.3. The van der Waals surface area contributed by atoms with Crippen LogP contribution < -0.4 is 9.47 Å². The fourth-order valence-electron chi connectivity index (χ4n) is 5.48. The summed E-state index contributed by atoms with van der Waals surface area (Å²) in [4.78, 5) is 15.3. The Morgan fingerprint density at radius 2 is 1.76 bits per heavy atom. The third-order valence-electron chi connectivity index (χ3n) is 7.38. The summed E-state index contributed by atoms with van der Waals surface area (Å²) < 4.78 is 13.9. The van der Waals surface area contributed by atoms with Crippen molar-refractivity contribution in [1.29, 1.82) is 0 Å². The molecule has 1 aliphatic heterocycles. The number of methoxy groups -OCH3 is 1. The lowest BCUT2D eigenvalue weighted by Crippen LogP contribution is -2.38. The van der Waals surface area contributed by atoms with Gasteiger partial charge in [0, 0.05) is 37.2 Å². The summed E-state index contributed by atoms with van der Waals surface area (Å²) in [6.45, 7) is 1.63. The molecule has 5 heteroatoms. The lowest BCUT2D eigenvalue weighted by Gasteiger charge is -2.32. The van der Waals surface area contributed by atoms with Crippen molar-refractivity contribution in [3.05, 3.63) is 59.8 Å². The number of benzene rings is 2. The number of aromatic nitrogens is 1. The van der Waals surface area contributed by atoms with Crippen molar-refractivity contribution in [3.63, 3.8) is 0 Å². The third kappa shape index (κ3) is 4.59. The Labute approximate surface area is 196 Å². The highest BCUT2D eigenvalue weighted by Gasteiger charge is 2.26. The molecule has 0 spiro atoms.